The molecule has 1 aliphatic rings. The Morgan fingerprint density at radius 3 is 2.38 bits per heavy atom. The highest BCUT2D eigenvalue weighted by molar-refractivity contribution is 5.52. The summed E-state index contributed by atoms with van der Waals surface area (Å²) in [5.74, 6) is 0.981. The van der Waals surface area contributed by atoms with Crippen LogP contribution in [0.4, 0.5) is 0 Å². The topological polar surface area (TPSA) is 26.3 Å². The Labute approximate surface area is 99.8 Å². The lowest BCUT2D eigenvalue weighted by Crippen LogP contribution is -2.26. The van der Waals surface area contributed by atoms with E-state index in [1.807, 2.05) is 6.92 Å². The maximum absolute atomic E-state index is 10.6. The first kappa shape index (κ1) is 13.7. The molecule has 0 saturated heterocycles. The number of carbonyl (C=O) groups is 1. The van der Waals surface area contributed by atoms with Gasteiger partial charge in [0.2, 0.25) is 0 Å². The largest absolute Gasteiger partial charge is 0.375 e. The summed E-state index contributed by atoms with van der Waals surface area (Å²) < 4.78 is 5.95. The van der Waals surface area contributed by atoms with E-state index in [2.05, 4.69) is 13.8 Å². The standard InChI is InChI=1S/C14H26O2/c1-4-12(3)16-14-7-5-13(6-8-14)9-11(2)10-15/h10-14H,4-9H2,1-3H3. The van der Waals surface area contributed by atoms with Crippen LogP contribution < -0.4 is 0 Å². The molecule has 0 radical (unpaired) electrons. The fraction of sp³-hybridized carbons (Fsp3) is 0.929. The van der Waals surface area contributed by atoms with E-state index in [1.54, 1.807) is 0 Å². The van der Waals surface area contributed by atoms with Crippen LogP contribution in [0.5, 0.6) is 0 Å². The summed E-state index contributed by atoms with van der Waals surface area (Å²) >= 11 is 0. The van der Waals surface area contributed by atoms with Gasteiger partial charge in [-0.2, -0.15) is 0 Å². The number of carbonyl (C=O) groups excluding carboxylic acids is 1. The maximum atomic E-state index is 10.6. The van der Waals surface area contributed by atoms with Crippen molar-refractivity contribution < 1.29 is 9.53 Å². The molecule has 0 N–H and O–H groups in total. The lowest BCUT2D eigenvalue weighted by atomic mass is 9.82. The quantitative estimate of drug-likeness (QED) is 0.647. The van der Waals surface area contributed by atoms with Gasteiger partial charge in [0.25, 0.3) is 0 Å². The Balaban J connectivity index is 2.20. The Kier molecular flexibility index (Phi) is 6.04. The smallest absolute Gasteiger partial charge is 0.122 e. The number of rotatable bonds is 6. The SMILES string of the molecule is CCC(C)OC1CCC(CC(C)C=O)CC1. The minimum atomic E-state index is 0.233. The fourth-order valence-electron chi connectivity index (χ4n) is 2.51. The van der Waals surface area contributed by atoms with E-state index >= 15 is 0 Å². The van der Waals surface area contributed by atoms with Gasteiger partial charge >= 0.3 is 0 Å². The summed E-state index contributed by atoms with van der Waals surface area (Å²) in [5, 5.41) is 0. The molecule has 0 bridgehead atoms. The highest BCUT2D eigenvalue weighted by Gasteiger charge is 2.23. The monoisotopic (exact) mass is 226 g/mol. The van der Waals surface area contributed by atoms with E-state index in [9.17, 15) is 4.79 Å². The third kappa shape index (κ3) is 4.65. The lowest BCUT2D eigenvalue weighted by molar-refractivity contribution is -0.111. The van der Waals surface area contributed by atoms with Crippen molar-refractivity contribution in [2.45, 2.75) is 71.5 Å². The molecule has 0 aromatic rings. The van der Waals surface area contributed by atoms with Crippen LogP contribution in [0, 0.1) is 11.8 Å². The Hall–Kier alpha value is -0.370. The van der Waals surface area contributed by atoms with Crippen LogP contribution in [-0.4, -0.2) is 18.5 Å². The van der Waals surface area contributed by atoms with E-state index in [0.29, 0.717) is 12.2 Å². The molecule has 0 aromatic heterocycles. The zero-order valence-corrected chi connectivity index (χ0v) is 10.9. The molecule has 2 nitrogen and oxygen atoms in total. The number of hydrogen-bond acceptors (Lipinski definition) is 2. The van der Waals surface area contributed by atoms with Gasteiger partial charge in [0.15, 0.2) is 0 Å². The molecule has 0 aromatic carbocycles. The predicted molar refractivity (Wildman–Crippen MR) is 66.4 cm³/mol. The maximum Gasteiger partial charge on any atom is 0.122 e. The van der Waals surface area contributed by atoms with Crippen LogP contribution in [0.1, 0.15) is 59.3 Å². The van der Waals surface area contributed by atoms with Crippen LogP contribution in [0.3, 0.4) is 0 Å². The number of ether oxygens (including phenoxy) is 1. The van der Waals surface area contributed by atoms with Gasteiger partial charge < -0.3 is 9.53 Å². The third-order valence-corrected chi connectivity index (χ3v) is 3.73. The molecule has 94 valence electrons. The minimum Gasteiger partial charge on any atom is -0.375 e. The number of aldehydes is 1. The lowest BCUT2D eigenvalue weighted by Gasteiger charge is -2.30. The second kappa shape index (κ2) is 7.05. The molecule has 0 heterocycles. The van der Waals surface area contributed by atoms with Crippen LogP contribution >= 0.6 is 0 Å². The summed E-state index contributed by atoms with van der Waals surface area (Å²) in [7, 11) is 0. The Bertz CT molecular complexity index is 195. The zero-order chi connectivity index (χ0) is 12.0. The fourth-order valence-corrected chi connectivity index (χ4v) is 2.51. The molecule has 0 spiro atoms. The van der Waals surface area contributed by atoms with Gasteiger partial charge in [-0.1, -0.05) is 13.8 Å². The van der Waals surface area contributed by atoms with Gasteiger partial charge in [-0.15, -0.1) is 0 Å². The van der Waals surface area contributed by atoms with Crippen molar-refractivity contribution in [2.75, 3.05) is 0 Å². The van der Waals surface area contributed by atoms with Gasteiger partial charge in [0, 0.05) is 5.92 Å². The highest BCUT2D eigenvalue weighted by Crippen LogP contribution is 2.31. The molecule has 2 atom stereocenters. The molecule has 0 amide bonds. The van der Waals surface area contributed by atoms with Crippen LogP contribution in [0.2, 0.25) is 0 Å². The molecule has 2 unspecified atom stereocenters. The van der Waals surface area contributed by atoms with E-state index in [1.165, 1.54) is 25.7 Å². The van der Waals surface area contributed by atoms with Crippen molar-refractivity contribution in [2.24, 2.45) is 11.8 Å². The van der Waals surface area contributed by atoms with E-state index in [-0.39, 0.29) is 5.92 Å². The van der Waals surface area contributed by atoms with Crippen molar-refractivity contribution >= 4 is 6.29 Å². The Morgan fingerprint density at radius 1 is 1.25 bits per heavy atom. The molecule has 2 heteroatoms. The summed E-state index contributed by atoms with van der Waals surface area (Å²) in [6.45, 7) is 6.34. The van der Waals surface area contributed by atoms with Gasteiger partial charge in [0.05, 0.1) is 12.2 Å². The van der Waals surface area contributed by atoms with Gasteiger partial charge in [0.1, 0.15) is 6.29 Å². The van der Waals surface area contributed by atoms with Crippen molar-refractivity contribution in [1.29, 1.82) is 0 Å². The van der Waals surface area contributed by atoms with E-state index < -0.39 is 0 Å². The second-order valence-corrected chi connectivity index (χ2v) is 5.35. The summed E-state index contributed by atoms with van der Waals surface area (Å²) in [5.41, 5.74) is 0. The van der Waals surface area contributed by atoms with Gasteiger partial charge in [-0.3, -0.25) is 0 Å². The first-order chi connectivity index (χ1) is 7.65. The van der Waals surface area contributed by atoms with Crippen LogP contribution in [0.15, 0.2) is 0 Å². The third-order valence-electron chi connectivity index (χ3n) is 3.73. The van der Waals surface area contributed by atoms with E-state index in [0.717, 1.165) is 25.0 Å². The molecule has 1 aliphatic carbocycles. The highest BCUT2D eigenvalue weighted by atomic mass is 16.5. The van der Waals surface area contributed by atoms with Crippen molar-refractivity contribution in [1.82, 2.24) is 0 Å². The molecule has 1 fully saturated rings. The van der Waals surface area contributed by atoms with Gasteiger partial charge in [-0.05, 0) is 51.4 Å². The molecular weight excluding hydrogens is 200 g/mol. The Morgan fingerprint density at radius 2 is 1.88 bits per heavy atom. The molecule has 0 aliphatic heterocycles. The van der Waals surface area contributed by atoms with Crippen molar-refractivity contribution in [3.05, 3.63) is 0 Å². The first-order valence-corrected chi connectivity index (χ1v) is 6.76. The minimum absolute atomic E-state index is 0.233. The van der Waals surface area contributed by atoms with Crippen LogP contribution in [-0.2, 0) is 9.53 Å². The van der Waals surface area contributed by atoms with Crippen molar-refractivity contribution in [3.63, 3.8) is 0 Å². The zero-order valence-electron chi connectivity index (χ0n) is 10.9. The normalized spacial score (nSPS) is 29.7. The molecule has 1 saturated carbocycles. The predicted octanol–water partition coefficient (Wildman–Crippen LogP) is 3.59. The van der Waals surface area contributed by atoms with Crippen molar-refractivity contribution in [3.8, 4) is 0 Å². The number of hydrogen-bond donors (Lipinski definition) is 0. The summed E-state index contributed by atoms with van der Waals surface area (Å²) in [6.07, 6.45) is 8.96. The van der Waals surface area contributed by atoms with Crippen LogP contribution in [0.25, 0.3) is 0 Å². The average Bonchev–Trinajstić information content (AvgIpc) is 2.31. The van der Waals surface area contributed by atoms with Gasteiger partial charge in [-0.25, -0.2) is 0 Å². The average molecular weight is 226 g/mol. The summed E-state index contributed by atoms with van der Waals surface area (Å²) in [4.78, 5) is 10.6. The second-order valence-electron chi connectivity index (χ2n) is 5.35. The first-order valence-electron chi connectivity index (χ1n) is 6.76. The summed E-state index contributed by atoms with van der Waals surface area (Å²) in [6, 6.07) is 0. The molecular formula is C14H26O2. The van der Waals surface area contributed by atoms with E-state index in [4.69, 9.17) is 4.74 Å². The molecule has 16 heavy (non-hydrogen) atoms. The molecule has 1 rings (SSSR count).